The Balaban J connectivity index is 1.57. The molecule has 0 spiro atoms. The number of nitrogens with zero attached hydrogens (tertiary/aromatic N) is 2. The highest BCUT2D eigenvalue weighted by Gasteiger charge is 2.30. The number of benzene rings is 3. The van der Waals surface area contributed by atoms with Gasteiger partial charge in [0, 0.05) is 56.0 Å². The van der Waals surface area contributed by atoms with Gasteiger partial charge in [-0.25, -0.2) is 0 Å². The van der Waals surface area contributed by atoms with Crippen LogP contribution in [0.5, 0.6) is 5.75 Å². The van der Waals surface area contributed by atoms with E-state index in [1.165, 1.54) is 24.1 Å². The van der Waals surface area contributed by atoms with Gasteiger partial charge in [0.15, 0.2) is 0 Å². The van der Waals surface area contributed by atoms with Crippen molar-refractivity contribution in [1.29, 1.82) is 0 Å². The molecule has 0 aliphatic carbocycles. The quantitative estimate of drug-likeness (QED) is 0.198. The number of fused-ring (bicyclic) bond motifs is 1. The van der Waals surface area contributed by atoms with Crippen LogP contribution in [0, 0.1) is 0 Å². The summed E-state index contributed by atoms with van der Waals surface area (Å²) >= 11 is 0. The van der Waals surface area contributed by atoms with Crippen molar-refractivity contribution in [2.45, 2.75) is 25.6 Å². The van der Waals surface area contributed by atoms with Crippen LogP contribution in [0.1, 0.15) is 33.5 Å². The van der Waals surface area contributed by atoms with Crippen molar-refractivity contribution in [3.05, 3.63) is 101 Å². The zero-order chi connectivity index (χ0) is 30.1. The third kappa shape index (κ3) is 7.91. The van der Waals surface area contributed by atoms with Gasteiger partial charge >= 0.3 is 6.18 Å². The van der Waals surface area contributed by atoms with Crippen molar-refractivity contribution >= 4 is 22.7 Å². The van der Waals surface area contributed by atoms with E-state index in [0.29, 0.717) is 42.9 Å². The average molecular weight is 582 g/mol. The minimum atomic E-state index is -4.45. The monoisotopic (exact) mass is 581 g/mol. The minimum Gasteiger partial charge on any atom is -0.497 e. The highest BCUT2D eigenvalue weighted by Crippen LogP contribution is 2.29. The summed E-state index contributed by atoms with van der Waals surface area (Å²) in [4.78, 5) is 33.6. The molecule has 0 atom stereocenters. The first-order chi connectivity index (χ1) is 20.2. The summed E-state index contributed by atoms with van der Waals surface area (Å²) in [6.07, 6.45) is -1.51. The molecule has 0 saturated heterocycles. The van der Waals surface area contributed by atoms with Crippen LogP contribution in [0.2, 0.25) is 0 Å². The SMILES string of the molecule is COCCCN(CC(=O)N(CCc1c[nH]c2ccccc12)Cc1ccc(C(F)(F)F)cc1)C(=O)c1cccc(OC)c1. The second-order valence-electron chi connectivity index (χ2n) is 9.92. The molecule has 3 aromatic carbocycles. The molecule has 0 bridgehead atoms. The lowest BCUT2D eigenvalue weighted by molar-refractivity contribution is -0.137. The molecule has 2 amide bonds. The Kier molecular flexibility index (Phi) is 10.2. The van der Waals surface area contributed by atoms with Gasteiger partial charge in [-0.15, -0.1) is 0 Å². The van der Waals surface area contributed by atoms with E-state index in [1.54, 1.807) is 36.3 Å². The number of carbonyl (C=O) groups excluding carboxylic acids is 2. The molecule has 222 valence electrons. The lowest BCUT2D eigenvalue weighted by atomic mass is 10.1. The van der Waals surface area contributed by atoms with Crippen molar-refractivity contribution in [3.63, 3.8) is 0 Å². The molecule has 7 nitrogen and oxygen atoms in total. The topological polar surface area (TPSA) is 74.9 Å². The van der Waals surface area contributed by atoms with E-state index in [2.05, 4.69) is 4.98 Å². The van der Waals surface area contributed by atoms with Gasteiger partial charge in [-0.05, 0) is 60.4 Å². The number of ether oxygens (including phenoxy) is 2. The fourth-order valence-corrected chi connectivity index (χ4v) is 4.76. The number of para-hydroxylation sites is 1. The number of hydrogen-bond acceptors (Lipinski definition) is 4. The average Bonchev–Trinajstić information content (AvgIpc) is 3.41. The van der Waals surface area contributed by atoms with Crippen molar-refractivity contribution in [3.8, 4) is 5.75 Å². The zero-order valence-electron chi connectivity index (χ0n) is 23.6. The minimum absolute atomic E-state index is 0.0958. The van der Waals surface area contributed by atoms with Crippen LogP contribution in [0.4, 0.5) is 13.2 Å². The van der Waals surface area contributed by atoms with Crippen LogP contribution in [-0.4, -0.2) is 67.1 Å². The number of aromatic amines is 1. The number of methoxy groups -OCH3 is 2. The van der Waals surface area contributed by atoms with E-state index in [-0.39, 0.29) is 31.4 Å². The smallest absolute Gasteiger partial charge is 0.416 e. The summed E-state index contributed by atoms with van der Waals surface area (Å²) in [6.45, 7) is 0.895. The molecule has 1 heterocycles. The highest BCUT2D eigenvalue weighted by atomic mass is 19.4. The zero-order valence-corrected chi connectivity index (χ0v) is 23.6. The molecule has 0 radical (unpaired) electrons. The Morgan fingerprint density at radius 2 is 1.67 bits per heavy atom. The van der Waals surface area contributed by atoms with Gasteiger partial charge < -0.3 is 24.3 Å². The van der Waals surface area contributed by atoms with Crippen LogP contribution in [0.3, 0.4) is 0 Å². The molecule has 0 unspecified atom stereocenters. The summed E-state index contributed by atoms with van der Waals surface area (Å²) < 4.78 is 49.8. The third-order valence-electron chi connectivity index (χ3n) is 7.04. The molecule has 1 aromatic heterocycles. The van der Waals surface area contributed by atoms with Crippen LogP contribution < -0.4 is 4.74 Å². The van der Waals surface area contributed by atoms with Gasteiger partial charge in [0.1, 0.15) is 12.3 Å². The Bertz CT molecular complexity index is 1480. The van der Waals surface area contributed by atoms with Crippen molar-refractivity contribution < 1.29 is 32.2 Å². The number of H-pyrrole nitrogens is 1. The summed E-state index contributed by atoms with van der Waals surface area (Å²) in [6, 6.07) is 19.3. The fraction of sp³-hybridized carbons (Fsp3) is 0.312. The molecule has 0 fully saturated rings. The lowest BCUT2D eigenvalue weighted by Crippen LogP contribution is -2.44. The largest absolute Gasteiger partial charge is 0.497 e. The van der Waals surface area contributed by atoms with Crippen molar-refractivity contribution in [2.75, 3.05) is 40.5 Å². The molecule has 0 aliphatic rings. The maximum atomic E-state index is 13.8. The summed E-state index contributed by atoms with van der Waals surface area (Å²) in [5.74, 6) is -0.125. The van der Waals surface area contributed by atoms with E-state index in [0.717, 1.165) is 28.6 Å². The van der Waals surface area contributed by atoms with E-state index in [4.69, 9.17) is 9.47 Å². The first kappa shape index (κ1) is 30.6. The number of halogens is 3. The van der Waals surface area contributed by atoms with Gasteiger partial charge in [0.2, 0.25) is 5.91 Å². The summed E-state index contributed by atoms with van der Waals surface area (Å²) in [5, 5.41) is 1.04. The Morgan fingerprint density at radius 1 is 0.905 bits per heavy atom. The van der Waals surface area contributed by atoms with Crippen LogP contribution in [0.25, 0.3) is 10.9 Å². The lowest BCUT2D eigenvalue weighted by Gasteiger charge is -2.28. The number of carbonyl (C=O) groups is 2. The molecular formula is C32H34F3N3O4. The second kappa shape index (κ2) is 14.0. The summed E-state index contributed by atoms with van der Waals surface area (Å²) in [7, 11) is 3.08. The molecule has 42 heavy (non-hydrogen) atoms. The van der Waals surface area contributed by atoms with Crippen molar-refractivity contribution in [1.82, 2.24) is 14.8 Å². The third-order valence-corrected chi connectivity index (χ3v) is 7.04. The van der Waals surface area contributed by atoms with Gasteiger partial charge in [0.25, 0.3) is 5.91 Å². The normalized spacial score (nSPS) is 11.5. The first-order valence-corrected chi connectivity index (χ1v) is 13.6. The second-order valence-corrected chi connectivity index (χ2v) is 9.92. The molecule has 4 aromatic rings. The molecule has 0 aliphatic heterocycles. The van der Waals surface area contributed by atoms with Crippen LogP contribution >= 0.6 is 0 Å². The van der Waals surface area contributed by atoms with Gasteiger partial charge in [0.05, 0.1) is 12.7 Å². The Morgan fingerprint density at radius 3 is 2.38 bits per heavy atom. The standard InChI is InChI=1S/C32H34F3N3O4/c1-41-18-6-16-38(31(40)24-7-5-8-27(19-24)42-2)22-30(39)37(21-23-11-13-26(14-12-23)32(33,34)35)17-15-25-20-36-29-10-4-3-9-28(25)29/h3-5,7-14,19-20,36H,6,15-18,21-22H2,1-2H3. The van der Waals surface area contributed by atoms with E-state index >= 15 is 0 Å². The van der Waals surface area contributed by atoms with Gasteiger partial charge in [-0.2, -0.15) is 13.2 Å². The summed E-state index contributed by atoms with van der Waals surface area (Å²) in [5.41, 5.74) is 2.17. The van der Waals surface area contributed by atoms with Crippen LogP contribution in [0.15, 0.2) is 79.0 Å². The maximum Gasteiger partial charge on any atom is 0.416 e. The van der Waals surface area contributed by atoms with E-state index < -0.39 is 11.7 Å². The fourth-order valence-electron chi connectivity index (χ4n) is 4.76. The number of hydrogen-bond donors (Lipinski definition) is 1. The maximum absolute atomic E-state index is 13.8. The first-order valence-electron chi connectivity index (χ1n) is 13.6. The van der Waals surface area contributed by atoms with E-state index in [1.807, 2.05) is 30.5 Å². The highest BCUT2D eigenvalue weighted by molar-refractivity contribution is 5.97. The van der Waals surface area contributed by atoms with Gasteiger partial charge in [-0.3, -0.25) is 9.59 Å². The predicted octanol–water partition coefficient (Wildman–Crippen LogP) is 5.95. The number of amides is 2. The van der Waals surface area contributed by atoms with Crippen molar-refractivity contribution in [2.24, 2.45) is 0 Å². The van der Waals surface area contributed by atoms with Gasteiger partial charge in [-0.1, -0.05) is 36.4 Å². The number of rotatable bonds is 13. The molecule has 1 N–H and O–H groups in total. The molecule has 0 saturated carbocycles. The number of nitrogens with one attached hydrogen (secondary N) is 1. The number of alkyl halides is 3. The van der Waals surface area contributed by atoms with Crippen LogP contribution in [-0.2, 0) is 28.7 Å². The molecule has 10 heteroatoms. The predicted molar refractivity (Wildman–Crippen MR) is 154 cm³/mol. The Labute approximate surface area is 242 Å². The van der Waals surface area contributed by atoms with E-state index in [9.17, 15) is 22.8 Å². The molecule has 4 rings (SSSR count). The number of aromatic nitrogens is 1. The Hall–Kier alpha value is -4.31. The molecular weight excluding hydrogens is 547 g/mol.